The molecule has 2 rings (SSSR count). The van der Waals surface area contributed by atoms with Crippen LogP contribution in [0.3, 0.4) is 0 Å². The Labute approximate surface area is 67.0 Å². The van der Waals surface area contributed by atoms with Crippen LogP contribution in [0.4, 0.5) is 0 Å². The number of benzene rings is 1. The predicted octanol–water partition coefficient (Wildman–Crippen LogP) is 2.45. The average Bonchev–Trinajstić information content (AvgIpc) is 2.67. The number of hydrogen-bond acceptors (Lipinski definition) is 1. The normalized spacial score (nSPS) is 28.5. The largest absolute Gasteiger partial charge is 0.365 e. The van der Waals surface area contributed by atoms with Crippen molar-refractivity contribution < 1.29 is 4.74 Å². The molecule has 1 heteroatoms. The zero-order valence-corrected chi connectivity index (χ0v) is 6.87. The van der Waals surface area contributed by atoms with Crippen LogP contribution in [0, 0.1) is 6.92 Å². The van der Waals surface area contributed by atoms with Crippen molar-refractivity contribution in [3.63, 3.8) is 0 Å². The molecule has 1 heterocycles. The zero-order chi connectivity index (χ0) is 7.84. The fraction of sp³-hybridized carbons (Fsp3) is 0.400. The van der Waals surface area contributed by atoms with E-state index in [2.05, 4.69) is 38.1 Å². The van der Waals surface area contributed by atoms with Gasteiger partial charge in [0.15, 0.2) is 0 Å². The summed E-state index contributed by atoms with van der Waals surface area (Å²) in [6, 6.07) is 8.50. The van der Waals surface area contributed by atoms with Crippen molar-refractivity contribution in [2.45, 2.75) is 26.1 Å². The topological polar surface area (TPSA) is 12.5 Å². The first-order valence-corrected chi connectivity index (χ1v) is 3.99. The van der Waals surface area contributed by atoms with Crippen LogP contribution < -0.4 is 0 Å². The van der Waals surface area contributed by atoms with Gasteiger partial charge < -0.3 is 4.74 Å². The summed E-state index contributed by atoms with van der Waals surface area (Å²) >= 11 is 0. The molecule has 0 unspecified atom stereocenters. The molecule has 1 fully saturated rings. The van der Waals surface area contributed by atoms with Crippen LogP contribution in [0.5, 0.6) is 0 Å². The molecule has 0 N–H and O–H groups in total. The molecule has 2 atom stereocenters. The summed E-state index contributed by atoms with van der Waals surface area (Å²) in [6.45, 7) is 4.21. The minimum Gasteiger partial charge on any atom is -0.365 e. The summed E-state index contributed by atoms with van der Waals surface area (Å²) < 4.78 is 5.36. The van der Waals surface area contributed by atoms with Gasteiger partial charge in [-0.15, -0.1) is 0 Å². The Morgan fingerprint density at radius 3 is 2.64 bits per heavy atom. The van der Waals surface area contributed by atoms with Gasteiger partial charge in [-0.2, -0.15) is 0 Å². The van der Waals surface area contributed by atoms with Crippen molar-refractivity contribution >= 4 is 0 Å². The fourth-order valence-electron chi connectivity index (χ4n) is 1.38. The van der Waals surface area contributed by atoms with Gasteiger partial charge in [0.25, 0.3) is 0 Å². The summed E-state index contributed by atoms with van der Waals surface area (Å²) in [5.74, 6) is 0. The third kappa shape index (κ3) is 1.29. The second-order valence-electron chi connectivity index (χ2n) is 3.18. The van der Waals surface area contributed by atoms with E-state index in [9.17, 15) is 0 Å². The molecule has 11 heavy (non-hydrogen) atoms. The van der Waals surface area contributed by atoms with Crippen LogP contribution >= 0.6 is 0 Å². The van der Waals surface area contributed by atoms with Gasteiger partial charge >= 0.3 is 0 Å². The van der Waals surface area contributed by atoms with Crippen molar-refractivity contribution in [1.29, 1.82) is 0 Å². The zero-order valence-electron chi connectivity index (χ0n) is 6.87. The second kappa shape index (κ2) is 2.35. The number of rotatable bonds is 1. The lowest BCUT2D eigenvalue weighted by atomic mass is 10.1. The number of ether oxygens (including phenoxy) is 1. The highest BCUT2D eigenvalue weighted by Gasteiger charge is 2.35. The van der Waals surface area contributed by atoms with Gasteiger partial charge in [-0.05, 0) is 19.4 Å². The summed E-state index contributed by atoms with van der Waals surface area (Å²) in [5, 5.41) is 0. The smallest absolute Gasteiger partial charge is 0.109 e. The van der Waals surface area contributed by atoms with Crippen molar-refractivity contribution in [1.82, 2.24) is 0 Å². The van der Waals surface area contributed by atoms with E-state index in [1.165, 1.54) is 11.1 Å². The second-order valence-corrected chi connectivity index (χ2v) is 3.18. The molecular weight excluding hydrogens is 136 g/mol. The number of epoxide rings is 1. The summed E-state index contributed by atoms with van der Waals surface area (Å²) in [7, 11) is 0. The summed E-state index contributed by atoms with van der Waals surface area (Å²) in [6.07, 6.45) is 0.798. The standard InChI is InChI=1S/C10H12O/c1-7-4-3-5-9(6-7)10-8(2)11-10/h3-6,8,10H,1-2H3/t8-,10-/m0/s1. The molecule has 0 spiro atoms. The van der Waals surface area contributed by atoms with Crippen LogP contribution in [0.25, 0.3) is 0 Å². The van der Waals surface area contributed by atoms with E-state index in [1.807, 2.05) is 0 Å². The molecule has 0 saturated carbocycles. The molecule has 1 aliphatic rings. The molecule has 0 bridgehead atoms. The Kier molecular flexibility index (Phi) is 1.46. The molecule has 1 aromatic carbocycles. The molecule has 1 aliphatic heterocycles. The molecule has 0 radical (unpaired) electrons. The van der Waals surface area contributed by atoms with Crippen molar-refractivity contribution in [3.8, 4) is 0 Å². The summed E-state index contributed by atoms with van der Waals surface area (Å²) in [5.41, 5.74) is 2.63. The maximum Gasteiger partial charge on any atom is 0.109 e. The maximum absolute atomic E-state index is 5.36. The van der Waals surface area contributed by atoms with Gasteiger partial charge in [0, 0.05) is 0 Å². The van der Waals surface area contributed by atoms with Crippen molar-refractivity contribution in [2.24, 2.45) is 0 Å². The van der Waals surface area contributed by atoms with Crippen LogP contribution in [0.2, 0.25) is 0 Å². The third-order valence-corrected chi connectivity index (χ3v) is 2.08. The molecule has 0 amide bonds. The van der Waals surface area contributed by atoms with Gasteiger partial charge in [-0.1, -0.05) is 29.8 Å². The van der Waals surface area contributed by atoms with Gasteiger partial charge in [0.1, 0.15) is 6.10 Å². The lowest BCUT2D eigenvalue weighted by molar-refractivity contribution is 0.383. The molecule has 1 aromatic rings. The van der Waals surface area contributed by atoms with Crippen molar-refractivity contribution in [3.05, 3.63) is 35.4 Å². The fourth-order valence-corrected chi connectivity index (χ4v) is 1.38. The quantitative estimate of drug-likeness (QED) is 0.557. The summed E-state index contributed by atoms with van der Waals surface area (Å²) in [4.78, 5) is 0. The van der Waals surface area contributed by atoms with Crippen LogP contribution in [0.15, 0.2) is 24.3 Å². The highest BCUT2D eigenvalue weighted by Crippen LogP contribution is 2.37. The molecule has 1 nitrogen and oxygen atoms in total. The van der Waals surface area contributed by atoms with Crippen LogP contribution in [-0.4, -0.2) is 6.10 Å². The lowest BCUT2D eigenvalue weighted by Gasteiger charge is -1.96. The SMILES string of the molecule is Cc1cccc([C@H]2O[C@H]2C)c1. The Hall–Kier alpha value is -0.820. The van der Waals surface area contributed by atoms with Crippen molar-refractivity contribution in [2.75, 3.05) is 0 Å². The number of aryl methyl sites for hydroxylation is 1. The van der Waals surface area contributed by atoms with Gasteiger partial charge in [-0.3, -0.25) is 0 Å². The number of hydrogen-bond donors (Lipinski definition) is 0. The van der Waals surface area contributed by atoms with E-state index in [0.717, 1.165) is 0 Å². The van der Waals surface area contributed by atoms with E-state index in [-0.39, 0.29) is 0 Å². The van der Waals surface area contributed by atoms with E-state index < -0.39 is 0 Å². The average molecular weight is 148 g/mol. The van der Waals surface area contributed by atoms with Crippen LogP contribution in [-0.2, 0) is 4.74 Å². The van der Waals surface area contributed by atoms with Gasteiger partial charge in [0.05, 0.1) is 6.10 Å². The van der Waals surface area contributed by atoms with E-state index in [1.54, 1.807) is 0 Å². The van der Waals surface area contributed by atoms with Gasteiger partial charge in [0.2, 0.25) is 0 Å². The maximum atomic E-state index is 5.36. The minimum absolute atomic E-state index is 0.370. The van der Waals surface area contributed by atoms with Gasteiger partial charge in [-0.25, -0.2) is 0 Å². The first-order chi connectivity index (χ1) is 5.27. The van der Waals surface area contributed by atoms with E-state index in [0.29, 0.717) is 12.2 Å². The molecule has 58 valence electrons. The minimum atomic E-state index is 0.370. The molecule has 1 saturated heterocycles. The first-order valence-electron chi connectivity index (χ1n) is 3.99. The lowest BCUT2D eigenvalue weighted by Crippen LogP contribution is -1.83. The van der Waals surface area contributed by atoms with Crippen LogP contribution in [0.1, 0.15) is 24.2 Å². The Morgan fingerprint density at radius 2 is 2.09 bits per heavy atom. The Balaban J connectivity index is 2.25. The highest BCUT2D eigenvalue weighted by atomic mass is 16.6. The highest BCUT2D eigenvalue weighted by molar-refractivity contribution is 5.26. The monoisotopic (exact) mass is 148 g/mol. The van der Waals surface area contributed by atoms with E-state index in [4.69, 9.17) is 4.74 Å². The third-order valence-electron chi connectivity index (χ3n) is 2.08. The van der Waals surface area contributed by atoms with E-state index >= 15 is 0 Å². The Bertz CT molecular complexity index is 267. The molecule has 0 aromatic heterocycles. The molecule has 0 aliphatic carbocycles. The Morgan fingerprint density at radius 1 is 1.36 bits per heavy atom. The first kappa shape index (κ1) is 6.86. The predicted molar refractivity (Wildman–Crippen MR) is 44.5 cm³/mol. The molecular formula is C10H12O.